The molecule has 0 aliphatic carbocycles. The molecule has 0 unspecified atom stereocenters. The van der Waals surface area contributed by atoms with Crippen LogP contribution in [0.5, 0.6) is 0 Å². The van der Waals surface area contributed by atoms with Crippen LogP contribution in [0.2, 0.25) is 0 Å². The molecule has 0 amide bonds. The predicted molar refractivity (Wildman–Crippen MR) is 76.5 cm³/mol. The minimum absolute atomic E-state index is 0.0172. The van der Waals surface area contributed by atoms with Crippen molar-refractivity contribution in [1.29, 1.82) is 0 Å². The molecular formula is C16H20N2O. The van der Waals surface area contributed by atoms with Crippen molar-refractivity contribution in [2.75, 3.05) is 0 Å². The van der Waals surface area contributed by atoms with E-state index in [1.165, 1.54) is 5.56 Å². The Morgan fingerprint density at radius 1 is 1.16 bits per heavy atom. The maximum Gasteiger partial charge on any atom is 0.211 e. The molecule has 0 radical (unpaired) electrons. The highest BCUT2D eigenvalue weighted by Gasteiger charge is 2.17. The van der Waals surface area contributed by atoms with Gasteiger partial charge in [0.05, 0.1) is 5.69 Å². The van der Waals surface area contributed by atoms with Crippen molar-refractivity contribution in [1.82, 2.24) is 9.78 Å². The van der Waals surface area contributed by atoms with Crippen molar-refractivity contribution in [3.8, 4) is 0 Å². The van der Waals surface area contributed by atoms with E-state index in [0.29, 0.717) is 11.3 Å². The second-order valence-electron chi connectivity index (χ2n) is 5.95. The molecule has 0 atom stereocenters. The number of nitrogens with zero attached hydrogens (tertiary/aromatic N) is 2. The summed E-state index contributed by atoms with van der Waals surface area (Å²) in [7, 11) is 1.80. The van der Waals surface area contributed by atoms with E-state index in [1.807, 2.05) is 37.3 Å². The summed E-state index contributed by atoms with van der Waals surface area (Å²) in [5.41, 5.74) is 3.52. The Morgan fingerprint density at radius 2 is 1.74 bits per heavy atom. The van der Waals surface area contributed by atoms with Crippen LogP contribution < -0.4 is 0 Å². The fraction of sp³-hybridized carbons (Fsp3) is 0.375. The van der Waals surface area contributed by atoms with Gasteiger partial charge >= 0.3 is 0 Å². The highest BCUT2D eigenvalue weighted by atomic mass is 16.1. The second kappa shape index (κ2) is 4.65. The fourth-order valence-corrected chi connectivity index (χ4v) is 2.09. The van der Waals surface area contributed by atoms with Crippen LogP contribution in [0.4, 0.5) is 0 Å². The maximum atomic E-state index is 12.4. The Hall–Kier alpha value is -1.90. The number of hydrogen-bond acceptors (Lipinski definition) is 2. The molecule has 19 heavy (non-hydrogen) atoms. The van der Waals surface area contributed by atoms with Gasteiger partial charge in [0.25, 0.3) is 0 Å². The van der Waals surface area contributed by atoms with Crippen molar-refractivity contribution < 1.29 is 4.79 Å². The van der Waals surface area contributed by atoms with Gasteiger partial charge in [-0.15, -0.1) is 0 Å². The molecule has 0 bridgehead atoms. The highest BCUT2D eigenvalue weighted by molar-refractivity contribution is 6.07. The van der Waals surface area contributed by atoms with Crippen LogP contribution in [0.15, 0.2) is 30.3 Å². The number of ketones is 1. The number of aryl methyl sites for hydroxylation is 2. The summed E-state index contributed by atoms with van der Waals surface area (Å²) in [6.45, 7) is 8.37. The summed E-state index contributed by atoms with van der Waals surface area (Å²) in [5.74, 6) is 0.0172. The van der Waals surface area contributed by atoms with Gasteiger partial charge in [-0.25, -0.2) is 0 Å². The number of benzene rings is 1. The van der Waals surface area contributed by atoms with Crippen molar-refractivity contribution in [2.45, 2.75) is 33.1 Å². The summed E-state index contributed by atoms with van der Waals surface area (Å²) in [6.07, 6.45) is 0. The first kappa shape index (κ1) is 13.5. The highest BCUT2D eigenvalue weighted by Crippen LogP contribution is 2.23. The maximum absolute atomic E-state index is 12.4. The average Bonchev–Trinajstić information content (AvgIpc) is 2.66. The monoisotopic (exact) mass is 256 g/mol. The van der Waals surface area contributed by atoms with E-state index in [4.69, 9.17) is 0 Å². The van der Waals surface area contributed by atoms with E-state index in [2.05, 4.69) is 25.9 Å². The van der Waals surface area contributed by atoms with Gasteiger partial charge in [-0.1, -0.05) is 45.0 Å². The van der Waals surface area contributed by atoms with Gasteiger partial charge in [0.15, 0.2) is 0 Å². The van der Waals surface area contributed by atoms with Crippen LogP contribution in [0.3, 0.4) is 0 Å². The Morgan fingerprint density at radius 3 is 2.16 bits per heavy atom. The zero-order valence-electron chi connectivity index (χ0n) is 12.2. The molecule has 0 aliphatic heterocycles. The molecule has 1 aromatic carbocycles. The quantitative estimate of drug-likeness (QED) is 0.773. The van der Waals surface area contributed by atoms with Crippen LogP contribution in [0.25, 0.3) is 0 Å². The van der Waals surface area contributed by atoms with Gasteiger partial charge in [-0.2, -0.15) is 5.10 Å². The Labute approximate surface area is 114 Å². The summed E-state index contributed by atoms with van der Waals surface area (Å²) in [5, 5.41) is 4.21. The Kier molecular flexibility index (Phi) is 3.31. The summed E-state index contributed by atoms with van der Waals surface area (Å²) >= 11 is 0. The molecule has 1 aromatic heterocycles. The lowest BCUT2D eigenvalue weighted by atomic mass is 9.86. The number of hydrogen-bond donors (Lipinski definition) is 0. The third-order valence-electron chi connectivity index (χ3n) is 3.25. The minimum atomic E-state index is 0.0172. The molecule has 100 valence electrons. The summed E-state index contributed by atoms with van der Waals surface area (Å²) in [6, 6.07) is 9.66. The Bertz CT molecular complexity index is 601. The third-order valence-corrected chi connectivity index (χ3v) is 3.25. The van der Waals surface area contributed by atoms with Gasteiger partial charge in [0.2, 0.25) is 5.78 Å². The van der Waals surface area contributed by atoms with E-state index in [9.17, 15) is 4.79 Å². The van der Waals surface area contributed by atoms with E-state index >= 15 is 0 Å². The molecule has 0 fully saturated rings. The molecule has 0 saturated carbocycles. The third kappa shape index (κ3) is 2.75. The largest absolute Gasteiger partial charge is 0.287 e. The van der Waals surface area contributed by atoms with Gasteiger partial charge in [-0.3, -0.25) is 9.48 Å². The average molecular weight is 256 g/mol. The molecule has 0 saturated heterocycles. The topological polar surface area (TPSA) is 34.9 Å². The molecule has 2 rings (SSSR count). The van der Waals surface area contributed by atoms with Gasteiger partial charge in [0, 0.05) is 12.6 Å². The van der Waals surface area contributed by atoms with Crippen molar-refractivity contribution in [3.05, 3.63) is 52.8 Å². The molecule has 0 N–H and O–H groups in total. The van der Waals surface area contributed by atoms with Crippen LogP contribution in [-0.2, 0) is 12.5 Å². The summed E-state index contributed by atoms with van der Waals surface area (Å²) < 4.78 is 1.63. The molecule has 3 nitrogen and oxygen atoms in total. The lowest BCUT2D eigenvalue weighted by Gasteiger charge is -2.18. The number of rotatable bonds is 2. The lowest BCUT2D eigenvalue weighted by Crippen LogP contribution is -2.12. The molecule has 0 aliphatic rings. The molecule has 2 aromatic rings. The SMILES string of the molecule is Cc1cc(C(=O)c2ccc(C(C)(C)C)cc2)n(C)n1. The first-order chi connectivity index (χ1) is 8.79. The predicted octanol–water partition coefficient (Wildman–Crippen LogP) is 3.26. The van der Waals surface area contributed by atoms with Crippen molar-refractivity contribution >= 4 is 5.78 Å². The zero-order valence-corrected chi connectivity index (χ0v) is 12.2. The number of carbonyl (C=O) groups is 1. The summed E-state index contributed by atoms with van der Waals surface area (Å²) in [4.78, 5) is 12.4. The van der Waals surface area contributed by atoms with Gasteiger partial charge < -0.3 is 0 Å². The number of carbonyl (C=O) groups excluding carboxylic acids is 1. The first-order valence-corrected chi connectivity index (χ1v) is 6.45. The van der Waals surface area contributed by atoms with Gasteiger partial charge in [0.1, 0.15) is 5.69 Å². The number of aromatic nitrogens is 2. The van der Waals surface area contributed by atoms with Crippen molar-refractivity contribution in [2.24, 2.45) is 7.05 Å². The molecule has 3 heteroatoms. The van der Waals surface area contributed by atoms with E-state index in [1.54, 1.807) is 11.7 Å². The van der Waals surface area contributed by atoms with E-state index in [0.717, 1.165) is 5.69 Å². The van der Waals surface area contributed by atoms with Crippen molar-refractivity contribution in [3.63, 3.8) is 0 Å². The first-order valence-electron chi connectivity index (χ1n) is 6.45. The van der Waals surface area contributed by atoms with E-state index in [-0.39, 0.29) is 11.2 Å². The van der Waals surface area contributed by atoms with Crippen LogP contribution in [0, 0.1) is 6.92 Å². The van der Waals surface area contributed by atoms with Crippen LogP contribution in [-0.4, -0.2) is 15.6 Å². The van der Waals surface area contributed by atoms with Gasteiger partial charge in [-0.05, 0) is 24.0 Å². The standard InChI is InChI=1S/C16H20N2O/c1-11-10-14(18(5)17-11)15(19)12-6-8-13(9-7-12)16(2,3)4/h6-10H,1-5H3. The molecule has 0 spiro atoms. The fourth-order valence-electron chi connectivity index (χ4n) is 2.09. The lowest BCUT2D eigenvalue weighted by molar-refractivity contribution is 0.103. The van der Waals surface area contributed by atoms with E-state index < -0.39 is 0 Å². The Balaban J connectivity index is 2.33. The second-order valence-corrected chi connectivity index (χ2v) is 5.95. The normalized spacial score (nSPS) is 11.6. The smallest absolute Gasteiger partial charge is 0.211 e. The van der Waals surface area contributed by atoms with Crippen LogP contribution >= 0.6 is 0 Å². The minimum Gasteiger partial charge on any atom is -0.287 e. The molecule has 1 heterocycles. The van der Waals surface area contributed by atoms with Crippen LogP contribution in [0.1, 0.15) is 48.1 Å². The molecular weight excluding hydrogens is 236 g/mol. The zero-order chi connectivity index (χ0) is 14.2.